The van der Waals surface area contributed by atoms with Crippen molar-refractivity contribution in [2.24, 2.45) is 0 Å². The minimum absolute atomic E-state index is 0. The standard InChI is InChI=1S/C3H8NOS.3FH/c1-5-3-2-4-6;;;/h4H,2-3H2,1H3;3*1H. The number of ether oxygens (including phenoxy) is 1. The fraction of sp³-hybridized carbons (Fsp3) is 1.00. The molecule has 0 amide bonds. The molecule has 0 aliphatic heterocycles. The molecule has 1 N–H and O–H groups in total. The molecule has 0 aromatic heterocycles. The first-order valence-corrected chi connectivity index (χ1v) is 2.16. The molecule has 0 bridgehead atoms. The van der Waals surface area contributed by atoms with Crippen molar-refractivity contribution in [3.05, 3.63) is 0 Å². The van der Waals surface area contributed by atoms with Crippen LogP contribution in [0.3, 0.4) is 0 Å². The van der Waals surface area contributed by atoms with Crippen LogP contribution in [0.25, 0.3) is 0 Å². The molecule has 0 atom stereocenters. The first-order chi connectivity index (χ1) is 2.91. The van der Waals surface area contributed by atoms with E-state index in [4.69, 9.17) is 0 Å². The van der Waals surface area contributed by atoms with Gasteiger partial charge in [-0.15, -0.1) is 0 Å². The predicted octanol–water partition coefficient (Wildman–Crippen LogP) is 0.792. The van der Waals surface area contributed by atoms with Crippen molar-refractivity contribution in [1.29, 1.82) is 0 Å². The van der Waals surface area contributed by atoms with Crippen LogP contribution in [0.1, 0.15) is 0 Å². The van der Waals surface area contributed by atoms with Crippen molar-refractivity contribution >= 4 is 12.8 Å². The van der Waals surface area contributed by atoms with E-state index in [2.05, 4.69) is 22.3 Å². The van der Waals surface area contributed by atoms with Gasteiger partial charge in [0.2, 0.25) is 0 Å². The summed E-state index contributed by atoms with van der Waals surface area (Å²) < 4.78 is 7.18. The summed E-state index contributed by atoms with van der Waals surface area (Å²) in [5.74, 6) is 0. The van der Waals surface area contributed by atoms with E-state index in [0.717, 1.165) is 6.54 Å². The summed E-state index contributed by atoms with van der Waals surface area (Å²) in [6, 6.07) is 0. The molecule has 0 saturated heterocycles. The Labute approximate surface area is 57.6 Å². The molecular formula is C3H11F3NOS. The summed E-state index contributed by atoms with van der Waals surface area (Å²) in [5.41, 5.74) is 0. The average molecular weight is 166 g/mol. The van der Waals surface area contributed by atoms with Gasteiger partial charge in [-0.1, -0.05) is 0 Å². The van der Waals surface area contributed by atoms with E-state index >= 15 is 0 Å². The molecule has 6 heteroatoms. The van der Waals surface area contributed by atoms with Gasteiger partial charge in [0.1, 0.15) is 0 Å². The second kappa shape index (κ2) is 24.4. The monoisotopic (exact) mass is 166 g/mol. The number of hydrogen-bond acceptors (Lipinski definition) is 2. The molecule has 0 rings (SSSR count). The summed E-state index contributed by atoms with van der Waals surface area (Å²) in [5, 5.41) is 0. The van der Waals surface area contributed by atoms with Crippen molar-refractivity contribution in [1.82, 2.24) is 4.72 Å². The molecule has 9 heavy (non-hydrogen) atoms. The molecule has 0 unspecified atom stereocenters. The summed E-state index contributed by atoms with van der Waals surface area (Å²) in [4.78, 5) is 0. The molecule has 1 radical (unpaired) electrons. The van der Waals surface area contributed by atoms with E-state index in [0.29, 0.717) is 6.61 Å². The van der Waals surface area contributed by atoms with Crippen molar-refractivity contribution in [2.75, 3.05) is 20.3 Å². The largest absolute Gasteiger partial charge is 0.383 e. The molecule has 0 aromatic carbocycles. The van der Waals surface area contributed by atoms with Gasteiger partial charge in [-0.2, -0.15) is 0 Å². The topological polar surface area (TPSA) is 21.3 Å². The van der Waals surface area contributed by atoms with Crippen LogP contribution in [0.2, 0.25) is 0 Å². The van der Waals surface area contributed by atoms with Crippen LogP contribution >= 0.6 is 12.8 Å². The second-order valence-corrected chi connectivity index (χ2v) is 1.18. The number of rotatable bonds is 3. The van der Waals surface area contributed by atoms with Gasteiger partial charge < -0.3 is 4.74 Å². The third-order valence-corrected chi connectivity index (χ3v) is 0.612. The minimum Gasteiger partial charge on any atom is -0.383 e. The third kappa shape index (κ3) is 31.6. The van der Waals surface area contributed by atoms with E-state index in [9.17, 15) is 0 Å². The Balaban J connectivity index is -0.0000000417. The molecular weight excluding hydrogens is 155 g/mol. The lowest BCUT2D eigenvalue weighted by Gasteiger charge is -1.90. The summed E-state index contributed by atoms with van der Waals surface area (Å²) >= 11 is 4.39. The van der Waals surface area contributed by atoms with Crippen LogP contribution in [0.15, 0.2) is 0 Å². The Morgan fingerprint density at radius 1 is 1.33 bits per heavy atom. The van der Waals surface area contributed by atoms with Gasteiger partial charge in [0.15, 0.2) is 0 Å². The summed E-state index contributed by atoms with van der Waals surface area (Å²) in [7, 11) is 1.65. The van der Waals surface area contributed by atoms with Crippen LogP contribution in [-0.2, 0) is 4.74 Å². The molecule has 0 aliphatic rings. The lowest BCUT2D eigenvalue weighted by molar-refractivity contribution is 0.205. The average Bonchev–Trinajstić information content (AvgIpc) is 1.61. The minimum atomic E-state index is 0. The zero-order valence-corrected chi connectivity index (χ0v) is 5.77. The van der Waals surface area contributed by atoms with E-state index in [-0.39, 0.29) is 14.1 Å². The molecule has 0 aromatic rings. The first kappa shape index (κ1) is 23.0. The molecule has 61 valence electrons. The predicted molar refractivity (Wildman–Crippen MR) is 35.0 cm³/mol. The Kier molecular flexibility index (Phi) is 62.3. The highest BCUT2D eigenvalue weighted by Crippen LogP contribution is 1.62. The van der Waals surface area contributed by atoms with Crippen molar-refractivity contribution in [3.8, 4) is 0 Å². The van der Waals surface area contributed by atoms with Gasteiger partial charge in [-0.3, -0.25) is 18.8 Å². The van der Waals surface area contributed by atoms with Crippen molar-refractivity contribution < 1.29 is 18.9 Å². The SMILES string of the molecule is COCCN[S].F.F.F. The number of hydrogen-bond donors (Lipinski definition) is 1. The van der Waals surface area contributed by atoms with Gasteiger partial charge in [0, 0.05) is 26.5 Å². The first-order valence-electron chi connectivity index (χ1n) is 1.75. The van der Waals surface area contributed by atoms with Crippen LogP contribution in [0, 0.1) is 0 Å². The molecule has 0 saturated carbocycles. The third-order valence-electron chi connectivity index (χ3n) is 0.408. The lowest BCUT2D eigenvalue weighted by Crippen LogP contribution is -2.06. The van der Waals surface area contributed by atoms with Gasteiger partial charge in [0.05, 0.1) is 6.61 Å². The number of halogens is 3. The fourth-order valence-corrected chi connectivity index (χ4v) is 0.227. The highest BCUT2D eigenvalue weighted by atomic mass is 32.1. The molecule has 0 aliphatic carbocycles. The van der Waals surface area contributed by atoms with Crippen molar-refractivity contribution in [2.45, 2.75) is 0 Å². The Morgan fingerprint density at radius 2 is 1.78 bits per heavy atom. The van der Waals surface area contributed by atoms with Gasteiger partial charge in [-0.25, -0.2) is 0 Å². The maximum atomic E-state index is 4.65. The van der Waals surface area contributed by atoms with E-state index in [1.807, 2.05) is 0 Å². The van der Waals surface area contributed by atoms with E-state index in [1.54, 1.807) is 7.11 Å². The van der Waals surface area contributed by atoms with Crippen LogP contribution < -0.4 is 4.72 Å². The Hall–Kier alpha value is 0.0600. The van der Waals surface area contributed by atoms with Gasteiger partial charge in [0.25, 0.3) is 0 Å². The summed E-state index contributed by atoms with van der Waals surface area (Å²) in [6.07, 6.45) is 0. The Morgan fingerprint density at radius 3 is 1.89 bits per heavy atom. The molecule has 2 nitrogen and oxygen atoms in total. The van der Waals surface area contributed by atoms with E-state index < -0.39 is 0 Å². The van der Waals surface area contributed by atoms with Crippen molar-refractivity contribution in [3.63, 3.8) is 0 Å². The fourth-order valence-electron chi connectivity index (χ4n) is 0.144. The second-order valence-electron chi connectivity index (χ2n) is 0.887. The normalized spacial score (nSPS) is 6.00. The molecule has 0 heterocycles. The van der Waals surface area contributed by atoms with Gasteiger partial charge in [-0.05, 0) is 0 Å². The quantitative estimate of drug-likeness (QED) is 0.626. The lowest BCUT2D eigenvalue weighted by atomic mass is 10.7. The summed E-state index contributed by atoms with van der Waals surface area (Å²) in [6.45, 7) is 1.45. The smallest absolute Gasteiger partial charge is 0.0596 e. The highest BCUT2D eigenvalue weighted by Gasteiger charge is 1.73. The molecule has 0 fully saturated rings. The van der Waals surface area contributed by atoms with Crippen LogP contribution in [0.5, 0.6) is 0 Å². The zero-order valence-electron chi connectivity index (χ0n) is 4.96. The van der Waals surface area contributed by atoms with Crippen LogP contribution in [-0.4, -0.2) is 20.3 Å². The zero-order chi connectivity index (χ0) is 4.83. The number of nitrogens with one attached hydrogen (secondary N) is 1. The molecule has 0 spiro atoms. The maximum Gasteiger partial charge on any atom is 0.0596 e. The van der Waals surface area contributed by atoms with Gasteiger partial charge >= 0.3 is 0 Å². The van der Waals surface area contributed by atoms with E-state index in [1.165, 1.54) is 0 Å². The van der Waals surface area contributed by atoms with Crippen LogP contribution in [0.4, 0.5) is 14.1 Å². The maximum absolute atomic E-state index is 4.65. The number of methoxy groups -OCH3 is 1. The Bertz CT molecular complexity index is 31.0. The highest BCUT2D eigenvalue weighted by molar-refractivity contribution is 7.78.